The fraction of sp³-hybridized carbons (Fsp3) is 0.750. The van der Waals surface area contributed by atoms with Crippen molar-refractivity contribution < 1.29 is 4.79 Å². The summed E-state index contributed by atoms with van der Waals surface area (Å²) in [6.45, 7) is 9.54. The first-order valence-corrected chi connectivity index (χ1v) is 12.6. The summed E-state index contributed by atoms with van der Waals surface area (Å²) in [4.78, 5) is 13.6. The standard InChI is InChI=1S/C28H41NO/c1-18-6-5-7-20(16-18)25(30)22-8-9-23-27(22,4)14-12-24-26(3)13-10-19(2)17-21(26)11-15-28(23,24)29/h5-7,16,19,21-24H,8-15,17,29H2,1-4H3/t19-,21?,22+,23?,24?,26-,27+,28+/m0/s1. The molecule has 164 valence electrons. The zero-order valence-corrected chi connectivity index (χ0v) is 19.5. The summed E-state index contributed by atoms with van der Waals surface area (Å²) < 4.78 is 0. The van der Waals surface area contributed by atoms with Gasteiger partial charge in [0.2, 0.25) is 0 Å². The van der Waals surface area contributed by atoms with Crippen molar-refractivity contribution in [2.45, 2.75) is 91.0 Å². The van der Waals surface area contributed by atoms with Crippen molar-refractivity contribution in [3.05, 3.63) is 35.4 Å². The Hall–Kier alpha value is -1.15. The van der Waals surface area contributed by atoms with E-state index in [0.717, 1.165) is 30.2 Å². The van der Waals surface area contributed by atoms with Crippen molar-refractivity contribution in [2.75, 3.05) is 0 Å². The molecule has 0 spiro atoms. The van der Waals surface area contributed by atoms with Gasteiger partial charge in [0, 0.05) is 17.0 Å². The van der Waals surface area contributed by atoms with Crippen LogP contribution >= 0.6 is 0 Å². The van der Waals surface area contributed by atoms with E-state index in [1.165, 1.54) is 50.5 Å². The largest absolute Gasteiger partial charge is 0.325 e. The monoisotopic (exact) mass is 407 g/mol. The maximum atomic E-state index is 13.6. The summed E-state index contributed by atoms with van der Waals surface area (Å²) in [6.07, 6.45) is 11.2. The van der Waals surface area contributed by atoms with Gasteiger partial charge in [0.1, 0.15) is 0 Å². The highest BCUT2D eigenvalue weighted by molar-refractivity contribution is 5.98. The minimum Gasteiger partial charge on any atom is -0.325 e. The Labute approximate surface area is 183 Å². The van der Waals surface area contributed by atoms with Gasteiger partial charge >= 0.3 is 0 Å². The molecule has 0 radical (unpaired) electrons. The van der Waals surface area contributed by atoms with Gasteiger partial charge in [-0.15, -0.1) is 0 Å². The van der Waals surface area contributed by atoms with Crippen LogP contribution in [-0.2, 0) is 0 Å². The topological polar surface area (TPSA) is 43.1 Å². The summed E-state index contributed by atoms with van der Waals surface area (Å²) in [6, 6.07) is 8.22. The van der Waals surface area contributed by atoms with Crippen LogP contribution < -0.4 is 5.73 Å². The van der Waals surface area contributed by atoms with E-state index >= 15 is 0 Å². The molecule has 4 fully saturated rings. The SMILES string of the molecule is Cc1cccc(C(=O)[C@H]2CCC3[C@]4(N)CCC5C[C@@H](C)CC[C@]5(C)C4CC[C@@]32C)c1. The molecule has 0 heterocycles. The lowest BCUT2D eigenvalue weighted by Gasteiger charge is -2.65. The molecular weight excluding hydrogens is 366 g/mol. The predicted molar refractivity (Wildman–Crippen MR) is 123 cm³/mol. The first kappa shape index (κ1) is 20.7. The molecule has 4 saturated carbocycles. The Morgan fingerprint density at radius 2 is 1.70 bits per heavy atom. The molecule has 30 heavy (non-hydrogen) atoms. The van der Waals surface area contributed by atoms with Gasteiger partial charge in [0.25, 0.3) is 0 Å². The number of fused-ring (bicyclic) bond motifs is 5. The van der Waals surface area contributed by atoms with Crippen molar-refractivity contribution in [1.29, 1.82) is 0 Å². The quantitative estimate of drug-likeness (QED) is 0.565. The van der Waals surface area contributed by atoms with Gasteiger partial charge in [-0.2, -0.15) is 0 Å². The first-order valence-electron chi connectivity index (χ1n) is 12.6. The van der Waals surface area contributed by atoms with E-state index in [-0.39, 0.29) is 16.9 Å². The predicted octanol–water partition coefficient (Wildman–Crippen LogP) is 6.55. The molecule has 0 aromatic heterocycles. The van der Waals surface area contributed by atoms with Crippen molar-refractivity contribution >= 4 is 5.78 Å². The lowest BCUT2D eigenvalue weighted by atomic mass is 9.41. The van der Waals surface area contributed by atoms with Crippen LogP contribution in [0.2, 0.25) is 0 Å². The van der Waals surface area contributed by atoms with Crippen molar-refractivity contribution in [1.82, 2.24) is 0 Å². The third-order valence-electron chi connectivity index (χ3n) is 10.7. The molecule has 1 aromatic carbocycles. The lowest BCUT2D eigenvalue weighted by Crippen LogP contribution is -2.68. The van der Waals surface area contributed by atoms with Crippen LogP contribution in [0.15, 0.2) is 24.3 Å². The average Bonchev–Trinajstić information content (AvgIpc) is 3.06. The van der Waals surface area contributed by atoms with Gasteiger partial charge in [0.15, 0.2) is 5.78 Å². The van der Waals surface area contributed by atoms with Crippen LogP contribution in [0.4, 0.5) is 0 Å². The molecule has 2 heteroatoms. The summed E-state index contributed by atoms with van der Waals surface area (Å²) in [5.74, 6) is 3.39. The van der Waals surface area contributed by atoms with Crippen molar-refractivity contribution in [3.63, 3.8) is 0 Å². The maximum Gasteiger partial charge on any atom is 0.166 e. The highest BCUT2D eigenvalue weighted by Crippen LogP contribution is 2.68. The fourth-order valence-electron chi connectivity index (χ4n) is 9.12. The molecular formula is C28H41NO. The van der Waals surface area contributed by atoms with E-state index < -0.39 is 0 Å². The maximum absolute atomic E-state index is 13.6. The Morgan fingerprint density at radius 3 is 2.47 bits per heavy atom. The van der Waals surface area contributed by atoms with Gasteiger partial charge in [-0.25, -0.2) is 0 Å². The highest BCUT2D eigenvalue weighted by atomic mass is 16.1. The van der Waals surface area contributed by atoms with E-state index in [4.69, 9.17) is 5.73 Å². The highest BCUT2D eigenvalue weighted by Gasteiger charge is 2.66. The number of aryl methyl sites for hydroxylation is 1. The number of ketones is 1. The summed E-state index contributed by atoms with van der Waals surface area (Å²) >= 11 is 0. The van der Waals surface area contributed by atoms with E-state index in [9.17, 15) is 4.79 Å². The number of nitrogens with two attached hydrogens (primary N) is 1. The normalized spacial score (nSPS) is 47.8. The van der Waals surface area contributed by atoms with Crippen LogP contribution in [0.3, 0.4) is 0 Å². The molecule has 2 nitrogen and oxygen atoms in total. The first-order chi connectivity index (χ1) is 14.2. The number of benzene rings is 1. The van der Waals surface area contributed by atoms with E-state index in [1.54, 1.807) is 0 Å². The second kappa shape index (κ2) is 6.92. The van der Waals surface area contributed by atoms with Crippen LogP contribution in [0, 0.1) is 47.3 Å². The molecule has 3 unspecified atom stereocenters. The van der Waals surface area contributed by atoms with E-state index in [1.807, 2.05) is 12.1 Å². The molecule has 0 saturated heterocycles. The molecule has 0 bridgehead atoms. The number of hydrogen-bond acceptors (Lipinski definition) is 2. The Bertz CT molecular complexity index is 847. The fourth-order valence-corrected chi connectivity index (χ4v) is 9.12. The molecule has 8 atom stereocenters. The van der Waals surface area contributed by atoms with Crippen LogP contribution in [0.1, 0.15) is 94.5 Å². The lowest BCUT2D eigenvalue weighted by molar-refractivity contribution is -0.128. The Balaban J connectivity index is 1.45. The second-order valence-corrected chi connectivity index (χ2v) is 12.2. The molecule has 0 aliphatic heterocycles. The summed E-state index contributed by atoms with van der Waals surface area (Å²) in [5.41, 5.74) is 9.98. The molecule has 4 aliphatic rings. The van der Waals surface area contributed by atoms with Crippen LogP contribution in [0.5, 0.6) is 0 Å². The molecule has 2 N–H and O–H groups in total. The van der Waals surface area contributed by atoms with Crippen LogP contribution in [-0.4, -0.2) is 11.3 Å². The van der Waals surface area contributed by atoms with Gasteiger partial charge < -0.3 is 5.73 Å². The molecule has 1 aromatic rings. The minimum atomic E-state index is -0.0690. The second-order valence-electron chi connectivity index (χ2n) is 12.2. The molecule has 4 aliphatic carbocycles. The number of hydrogen-bond donors (Lipinski definition) is 1. The number of Topliss-reactive ketones (excluding diaryl/α,β-unsaturated/α-hetero) is 1. The smallest absolute Gasteiger partial charge is 0.166 e. The van der Waals surface area contributed by atoms with E-state index in [2.05, 4.69) is 39.8 Å². The average molecular weight is 408 g/mol. The van der Waals surface area contributed by atoms with Gasteiger partial charge in [0.05, 0.1) is 0 Å². The zero-order chi connectivity index (χ0) is 21.3. The van der Waals surface area contributed by atoms with Crippen LogP contribution in [0.25, 0.3) is 0 Å². The Kier molecular flexibility index (Phi) is 4.79. The van der Waals surface area contributed by atoms with Gasteiger partial charge in [-0.05, 0) is 98.9 Å². The Morgan fingerprint density at radius 1 is 0.967 bits per heavy atom. The zero-order valence-electron chi connectivity index (χ0n) is 19.5. The number of rotatable bonds is 2. The van der Waals surface area contributed by atoms with Crippen molar-refractivity contribution in [2.24, 2.45) is 46.2 Å². The third-order valence-corrected chi connectivity index (χ3v) is 10.7. The molecule has 0 amide bonds. The van der Waals surface area contributed by atoms with Gasteiger partial charge in [-0.1, -0.05) is 51.0 Å². The van der Waals surface area contributed by atoms with Gasteiger partial charge in [-0.3, -0.25) is 4.79 Å². The number of carbonyl (C=O) groups is 1. The molecule has 5 rings (SSSR count). The summed E-state index contributed by atoms with van der Waals surface area (Å²) in [5, 5.41) is 0. The summed E-state index contributed by atoms with van der Waals surface area (Å²) in [7, 11) is 0. The van der Waals surface area contributed by atoms with Crippen molar-refractivity contribution in [3.8, 4) is 0 Å². The minimum absolute atomic E-state index is 0.0667. The number of carbonyl (C=O) groups excluding carboxylic acids is 1. The van der Waals surface area contributed by atoms with E-state index in [0.29, 0.717) is 23.0 Å². The third kappa shape index (κ3) is 2.81.